The number of carbonyl (C=O) groups excluding carboxylic acids is 1. The largest absolute Gasteiger partial charge is 0.325 e. The van der Waals surface area contributed by atoms with Crippen LogP contribution >= 0.6 is 11.8 Å². The highest BCUT2D eigenvalue weighted by Crippen LogP contribution is 2.23. The summed E-state index contributed by atoms with van der Waals surface area (Å²) >= 11 is 1.24. The zero-order chi connectivity index (χ0) is 21.8. The van der Waals surface area contributed by atoms with Gasteiger partial charge in [0.1, 0.15) is 5.82 Å². The van der Waals surface area contributed by atoms with E-state index in [0.29, 0.717) is 23.9 Å². The van der Waals surface area contributed by atoms with Gasteiger partial charge in [0.05, 0.1) is 10.6 Å². The summed E-state index contributed by atoms with van der Waals surface area (Å²) in [4.78, 5) is 16.9. The molecule has 0 atom stereocenters. The second kappa shape index (κ2) is 9.49. The van der Waals surface area contributed by atoms with Crippen molar-refractivity contribution in [2.45, 2.75) is 61.9 Å². The first-order chi connectivity index (χ1) is 14.2. The van der Waals surface area contributed by atoms with Crippen LogP contribution in [-0.2, 0) is 20.2 Å². The summed E-state index contributed by atoms with van der Waals surface area (Å²) in [6.07, 6.45) is 3.93. The fraction of sp³-hybridized carbons (Fsp3) is 0.550. The molecule has 1 aromatic heterocycles. The highest BCUT2D eigenvalue weighted by atomic mass is 32.2. The van der Waals surface area contributed by atoms with Crippen molar-refractivity contribution in [3.05, 3.63) is 30.1 Å². The number of nitrogens with zero attached hydrogens (tertiary/aromatic N) is 3. The molecule has 2 aromatic rings. The summed E-state index contributed by atoms with van der Waals surface area (Å²) in [7, 11) is -3.49. The van der Waals surface area contributed by atoms with E-state index in [1.807, 2.05) is 20.8 Å². The van der Waals surface area contributed by atoms with Crippen LogP contribution < -0.4 is 5.32 Å². The molecule has 0 unspecified atom stereocenters. The van der Waals surface area contributed by atoms with Gasteiger partial charge in [0, 0.05) is 24.2 Å². The Balaban J connectivity index is 1.56. The van der Waals surface area contributed by atoms with E-state index in [9.17, 15) is 13.2 Å². The van der Waals surface area contributed by atoms with E-state index < -0.39 is 10.0 Å². The minimum absolute atomic E-state index is 0.135. The van der Waals surface area contributed by atoms with Crippen LogP contribution in [0, 0.1) is 0 Å². The minimum Gasteiger partial charge on any atom is -0.325 e. The number of thioether (sulfide) groups is 1. The fourth-order valence-corrected chi connectivity index (χ4v) is 5.23. The van der Waals surface area contributed by atoms with Gasteiger partial charge in [-0.3, -0.25) is 9.89 Å². The predicted octanol–water partition coefficient (Wildman–Crippen LogP) is 3.40. The van der Waals surface area contributed by atoms with Crippen LogP contribution in [0.25, 0.3) is 0 Å². The predicted molar refractivity (Wildman–Crippen MR) is 118 cm³/mol. The molecule has 10 heteroatoms. The third kappa shape index (κ3) is 5.83. The quantitative estimate of drug-likeness (QED) is 0.652. The lowest BCUT2D eigenvalue weighted by Gasteiger charge is -2.20. The summed E-state index contributed by atoms with van der Waals surface area (Å²) in [6, 6.07) is 6.34. The van der Waals surface area contributed by atoms with Crippen molar-refractivity contribution in [1.82, 2.24) is 19.5 Å². The zero-order valence-electron chi connectivity index (χ0n) is 17.6. The first-order valence-corrected chi connectivity index (χ1v) is 12.5. The molecule has 1 fully saturated rings. The molecule has 0 bridgehead atoms. The number of aromatic nitrogens is 3. The molecular formula is C20H29N5O3S2. The zero-order valence-corrected chi connectivity index (χ0v) is 19.3. The number of sulfonamides is 1. The maximum Gasteiger partial charge on any atom is 0.243 e. The number of H-pyrrole nitrogens is 1. The molecule has 0 radical (unpaired) electrons. The van der Waals surface area contributed by atoms with Crippen molar-refractivity contribution in [2.24, 2.45) is 0 Å². The van der Waals surface area contributed by atoms with E-state index in [4.69, 9.17) is 0 Å². The summed E-state index contributed by atoms with van der Waals surface area (Å²) in [6.45, 7) is 7.23. The summed E-state index contributed by atoms with van der Waals surface area (Å²) < 4.78 is 27.2. The van der Waals surface area contributed by atoms with Crippen LogP contribution in [0.15, 0.2) is 34.3 Å². The van der Waals surface area contributed by atoms with Crippen LogP contribution in [0.2, 0.25) is 0 Å². The molecule has 1 aliphatic heterocycles. The second-order valence-electron chi connectivity index (χ2n) is 8.40. The number of hydrogen-bond donors (Lipinski definition) is 2. The molecule has 0 saturated carbocycles. The molecule has 2 heterocycles. The number of hydrogen-bond acceptors (Lipinski definition) is 6. The van der Waals surface area contributed by atoms with Gasteiger partial charge in [-0.05, 0) is 37.1 Å². The number of benzene rings is 1. The fourth-order valence-electron chi connectivity index (χ4n) is 3.11. The Bertz CT molecular complexity index is 957. The normalized spacial score (nSPS) is 16.2. The van der Waals surface area contributed by atoms with Gasteiger partial charge in [-0.25, -0.2) is 13.4 Å². The Kier molecular flexibility index (Phi) is 7.20. The van der Waals surface area contributed by atoms with Crippen LogP contribution in [0.1, 0.15) is 52.3 Å². The molecule has 1 aliphatic rings. The van der Waals surface area contributed by atoms with E-state index >= 15 is 0 Å². The lowest BCUT2D eigenvalue weighted by atomic mass is 9.96. The van der Waals surface area contributed by atoms with Gasteiger partial charge in [-0.15, -0.1) is 5.10 Å². The average molecular weight is 452 g/mol. The van der Waals surface area contributed by atoms with Crippen molar-refractivity contribution in [2.75, 3.05) is 24.2 Å². The number of carbonyl (C=O) groups is 1. The number of rotatable bonds is 6. The van der Waals surface area contributed by atoms with E-state index in [1.54, 1.807) is 28.6 Å². The van der Waals surface area contributed by atoms with Gasteiger partial charge in [-0.1, -0.05) is 45.4 Å². The highest BCUT2D eigenvalue weighted by molar-refractivity contribution is 7.99. The maximum atomic E-state index is 12.8. The van der Waals surface area contributed by atoms with Gasteiger partial charge >= 0.3 is 0 Å². The lowest BCUT2D eigenvalue weighted by molar-refractivity contribution is -0.113. The van der Waals surface area contributed by atoms with Gasteiger partial charge < -0.3 is 5.32 Å². The molecule has 1 aromatic carbocycles. The molecule has 3 rings (SSSR count). The number of anilines is 1. The van der Waals surface area contributed by atoms with Crippen LogP contribution in [0.5, 0.6) is 0 Å². The van der Waals surface area contributed by atoms with Crippen molar-refractivity contribution < 1.29 is 13.2 Å². The standard InChI is InChI=1S/C20H29N5O3S2/c1-20(2,3)18-22-19(24-23-18)29-14-17(26)21-15-8-10-16(11-9-15)30(27,28)25-12-6-4-5-7-13-25/h8-11H,4-7,12-14H2,1-3H3,(H,21,26)(H,22,23,24). The first-order valence-electron chi connectivity index (χ1n) is 10.1. The van der Waals surface area contributed by atoms with Crippen LogP contribution in [0.3, 0.4) is 0 Å². The van der Waals surface area contributed by atoms with Gasteiger partial charge in [0.15, 0.2) is 0 Å². The van der Waals surface area contributed by atoms with Crippen molar-refractivity contribution in [3.8, 4) is 0 Å². The number of nitrogens with one attached hydrogen (secondary N) is 2. The summed E-state index contributed by atoms with van der Waals surface area (Å²) in [5.41, 5.74) is 0.421. The van der Waals surface area contributed by atoms with E-state index in [-0.39, 0.29) is 22.0 Å². The van der Waals surface area contributed by atoms with Crippen LogP contribution in [0.4, 0.5) is 5.69 Å². The summed E-state index contributed by atoms with van der Waals surface area (Å²) in [5, 5.41) is 10.3. The molecule has 1 saturated heterocycles. The van der Waals surface area contributed by atoms with Gasteiger partial charge in [0.2, 0.25) is 21.1 Å². The second-order valence-corrected chi connectivity index (χ2v) is 11.3. The summed E-state index contributed by atoms with van der Waals surface area (Å²) in [5.74, 6) is 0.728. The van der Waals surface area contributed by atoms with Crippen molar-refractivity contribution >= 4 is 33.4 Å². The molecule has 0 spiro atoms. The third-order valence-electron chi connectivity index (χ3n) is 4.85. The van der Waals surface area contributed by atoms with E-state index in [0.717, 1.165) is 31.5 Å². The molecule has 164 valence electrons. The van der Waals surface area contributed by atoms with Gasteiger partial charge in [-0.2, -0.15) is 4.31 Å². The highest BCUT2D eigenvalue weighted by Gasteiger charge is 2.25. The van der Waals surface area contributed by atoms with E-state index in [2.05, 4.69) is 20.5 Å². The first kappa shape index (κ1) is 22.8. The minimum atomic E-state index is -3.49. The number of aromatic amines is 1. The van der Waals surface area contributed by atoms with Gasteiger partial charge in [0.25, 0.3) is 0 Å². The van der Waals surface area contributed by atoms with E-state index in [1.165, 1.54) is 11.8 Å². The SMILES string of the molecule is CC(C)(C)c1nc(SCC(=O)Nc2ccc(S(=O)(=O)N3CCCCCC3)cc2)n[nH]1. The molecule has 30 heavy (non-hydrogen) atoms. The molecular weight excluding hydrogens is 422 g/mol. The molecule has 8 nitrogen and oxygen atoms in total. The molecule has 0 aliphatic carbocycles. The topological polar surface area (TPSA) is 108 Å². The maximum absolute atomic E-state index is 12.8. The average Bonchev–Trinajstić information content (AvgIpc) is 3.01. The third-order valence-corrected chi connectivity index (χ3v) is 7.61. The Morgan fingerprint density at radius 3 is 2.33 bits per heavy atom. The van der Waals surface area contributed by atoms with Crippen LogP contribution in [-0.4, -0.2) is 52.7 Å². The van der Waals surface area contributed by atoms with Crippen molar-refractivity contribution in [3.63, 3.8) is 0 Å². The smallest absolute Gasteiger partial charge is 0.243 e. The number of amides is 1. The lowest BCUT2D eigenvalue weighted by Crippen LogP contribution is -2.31. The Morgan fingerprint density at radius 2 is 1.77 bits per heavy atom. The Hall–Kier alpha value is -1.91. The monoisotopic (exact) mass is 451 g/mol. The molecule has 2 N–H and O–H groups in total. The Morgan fingerprint density at radius 1 is 1.13 bits per heavy atom. The van der Waals surface area contributed by atoms with Crippen molar-refractivity contribution in [1.29, 1.82) is 0 Å². The molecule has 1 amide bonds. The Labute approximate surface area is 182 Å².